The van der Waals surface area contributed by atoms with Gasteiger partial charge in [-0.1, -0.05) is 32.0 Å². The molecule has 35 heavy (non-hydrogen) atoms. The van der Waals surface area contributed by atoms with E-state index in [0.717, 1.165) is 31.2 Å². The molecule has 1 aromatic heterocycles. The second kappa shape index (κ2) is 11.9. The number of amides is 2. The van der Waals surface area contributed by atoms with Crippen molar-refractivity contribution < 1.29 is 19.1 Å². The van der Waals surface area contributed by atoms with Crippen LogP contribution in [0.25, 0.3) is 10.9 Å². The summed E-state index contributed by atoms with van der Waals surface area (Å²) in [6.45, 7) is 6.34. The van der Waals surface area contributed by atoms with Crippen molar-refractivity contribution in [3.8, 4) is 0 Å². The minimum atomic E-state index is -0.408. The number of methoxy groups -OCH3 is 1. The molecule has 1 aliphatic carbocycles. The van der Waals surface area contributed by atoms with E-state index in [-0.39, 0.29) is 35.9 Å². The lowest BCUT2D eigenvalue weighted by molar-refractivity contribution is -0.140. The van der Waals surface area contributed by atoms with Crippen LogP contribution >= 0.6 is 0 Å². The van der Waals surface area contributed by atoms with Crippen LogP contribution in [-0.4, -0.2) is 67.4 Å². The Labute approximate surface area is 208 Å². The Morgan fingerprint density at radius 1 is 1.20 bits per heavy atom. The summed E-state index contributed by atoms with van der Waals surface area (Å²) < 4.78 is 10.6. The molecule has 3 atom stereocenters. The van der Waals surface area contributed by atoms with Gasteiger partial charge in [0.25, 0.3) is 0 Å². The van der Waals surface area contributed by atoms with Crippen molar-refractivity contribution in [3.63, 3.8) is 0 Å². The number of nitrogens with zero attached hydrogens (tertiary/aromatic N) is 1. The first-order valence-corrected chi connectivity index (χ1v) is 13.0. The van der Waals surface area contributed by atoms with Gasteiger partial charge in [-0.15, -0.1) is 0 Å². The third-order valence-corrected chi connectivity index (χ3v) is 6.91. The van der Waals surface area contributed by atoms with E-state index in [2.05, 4.69) is 44.9 Å². The van der Waals surface area contributed by atoms with Crippen LogP contribution in [0, 0.1) is 11.8 Å². The minimum absolute atomic E-state index is 0.00866. The number of carbonyl (C=O) groups is 2. The lowest BCUT2D eigenvalue weighted by Gasteiger charge is -2.38. The number of rotatable bonds is 11. The molecule has 2 heterocycles. The normalized spacial score (nSPS) is 21.1. The monoisotopic (exact) mass is 484 g/mol. The first-order chi connectivity index (χ1) is 17.0. The van der Waals surface area contributed by atoms with Gasteiger partial charge in [-0.05, 0) is 49.7 Å². The van der Waals surface area contributed by atoms with E-state index in [1.165, 1.54) is 10.9 Å². The molecule has 3 N–H and O–H groups in total. The number of para-hydroxylation sites is 1. The Bertz CT molecular complexity index is 986. The smallest absolute Gasteiger partial charge is 0.407 e. The Hall–Kier alpha value is -2.58. The zero-order valence-corrected chi connectivity index (χ0v) is 21.2. The summed E-state index contributed by atoms with van der Waals surface area (Å²) >= 11 is 0. The molecule has 1 unspecified atom stereocenters. The molecule has 1 aromatic carbocycles. The van der Waals surface area contributed by atoms with E-state index in [9.17, 15) is 9.59 Å². The maximum absolute atomic E-state index is 14.0. The highest BCUT2D eigenvalue weighted by atomic mass is 16.5. The van der Waals surface area contributed by atoms with Gasteiger partial charge in [0, 0.05) is 56.0 Å². The molecule has 0 spiro atoms. The van der Waals surface area contributed by atoms with Crippen molar-refractivity contribution in [3.05, 3.63) is 36.0 Å². The lowest BCUT2D eigenvalue weighted by Crippen LogP contribution is -2.53. The van der Waals surface area contributed by atoms with Gasteiger partial charge in [0.05, 0.1) is 18.6 Å². The number of ether oxygens (including phenoxy) is 2. The van der Waals surface area contributed by atoms with Crippen LogP contribution in [0.3, 0.4) is 0 Å². The summed E-state index contributed by atoms with van der Waals surface area (Å²) in [5, 5.41) is 7.48. The van der Waals surface area contributed by atoms with Crippen LogP contribution in [0.2, 0.25) is 0 Å². The predicted octanol–water partition coefficient (Wildman–Crippen LogP) is 3.99. The second-order valence-electron chi connectivity index (χ2n) is 10.3. The Morgan fingerprint density at radius 3 is 2.74 bits per heavy atom. The molecule has 4 rings (SSSR count). The number of benzene rings is 1. The first-order valence-electron chi connectivity index (χ1n) is 13.0. The maximum Gasteiger partial charge on any atom is 0.407 e. The van der Waals surface area contributed by atoms with Crippen molar-refractivity contribution in [2.75, 3.05) is 33.4 Å². The number of carbonyl (C=O) groups excluding carboxylic acids is 2. The van der Waals surface area contributed by atoms with Crippen LogP contribution in [0.15, 0.2) is 30.5 Å². The fourth-order valence-electron chi connectivity index (χ4n) is 5.08. The third-order valence-electron chi connectivity index (χ3n) is 6.91. The van der Waals surface area contributed by atoms with Crippen LogP contribution in [0.1, 0.15) is 57.6 Å². The number of fused-ring (bicyclic) bond motifs is 1. The standard InChI is InChI=1S/C27H40N4O4/c1-18(2)17-35-27(33)30-20-13-19(14-28-15-20)26(32)31(21-10-11-21)25(9-6-12-34-3)23-16-29-24-8-5-4-7-22(23)24/h4-5,7-8,16,18-21,25,28-29H,6,9-15,17H2,1-3H3,(H,30,33)/t19-,20+,25?/m0/s1. The van der Waals surface area contributed by atoms with E-state index in [1.807, 2.05) is 19.9 Å². The SMILES string of the molecule is COCCCC(c1c[nH]c2ccccc12)N(C(=O)[C@@H]1CNC[C@H](NC(=O)OCC(C)C)C1)C1CC1. The molecule has 8 heteroatoms. The van der Waals surface area contributed by atoms with Crippen LogP contribution in [0.4, 0.5) is 4.79 Å². The summed E-state index contributed by atoms with van der Waals surface area (Å²) in [7, 11) is 1.72. The zero-order chi connectivity index (χ0) is 24.8. The zero-order valence-electron chi connectivity index (χ0n) is 21.2. The molecule has 2 fully saturated rings. The summed E-state index contributed by atoms with van der Waals surface area (Å²) in [6.07, 6.45) is 6.08. The molecule has 0 bridgehead atoms. The first kappa shape index (κ1) is 25.5. The number of hydrogen-bond donors (Lipinski definition) is 3. The van der Waals surface area contributed by atoms with Crippen LogP contribution in [0.5, 0.6) is 0 Å². The van der Waals surface area contributed by atoms with Gasteiger partial charge in [0.2, 0.25) is 5.91 Å². The predicted molar refractivity (Wildman–Crippen MR) is 136 cm³/mol. The Morgan fingerprint density at radius 2 is 2.00 bits per heavy atom. The topological polar surface area (TPSA) is 95.7 Å². The highest BCUT2D eigenvalue weighted by molar-refractivity contribution is 5.85. The van der Waals surface area contributed by atoms with E-state index in [0.29, 0.717) is 32.7 Å². The minimum Gasteiger partial charge on any atom is -0.449 e. The van der Waals surface area contributed by atoms with Gasteiger partial charge in [-0.2, -0.15) is 0 Å². The third kappa shape index (κ3) is 6.55. The molecule has 2 amide bonds. The van der Waals surface area contributed by atoms with Crippen molar-refractivity contribution in [1.82, 2.24) is 20.5 Å². The molecule has 192 valence electrons. The fourth-order valence-corrected chi connectivity index (χ4v) is 5.08. The molecular formula is C27H40N4O4. The number of alkyl carbamates (subject to hydrolysis) is 1. The number of hydrogen-bond acceptors (Lipinski definition) is 5. The highest BCUT2D eigenvalue weighted by Gasteiger charge is 2.42. The van der Waals surface area contributed by atoms with Crippen LogP contribution in [-0.2, 0) is 14.3 Å². The quantitative estimate of drug-likeness (QED) is 0.419. The van der Waals surface area contributed by atoms with Gasteiger partial charge in [-0.3, -0.25) is 4.79 Å². The van der Waals surface area contributed by atoms with Gasteiger partial charge in [0.1, 0.15) is 0 Å². The highest BCUT2D eigenvalue weighted by Crippen LogP contribution is 2.40. The molecule has 1 saturated heterocycles. The molecule has 2 aliphatic rings. The molecule has 1 aliphatic heterocycles. The number of piperidine rings is 1. The molecule has 1 saturated carbocycles. The molecule has 8 nitrogen and oxygen atoms in total. The summed E-state index contributed by atoms with van der Waals surface area (Å²) in [5.74, 6) is 0.274. The van der Waals surface area contributed by atoms with E-state index < -0.39 is 6.09 Å². The molecular weight excluding hydrogens is 444 g/mol. The van der Waals surface area contributed by atoms with E-state index in [1.54, 1.807) is 7.11 Å². The fraction of sp³-hybridized carbons (Fsp3) is 0.630. The molecule has 0 radical (unpaired) electrons. The number of aromatic nitrogens is 1. The van der Waals surface area contributed by atoms with Crippen molar-refractivity contribution >= 4 is 22.9 Å². The van der Waals surface area contributed by atoms with Gasteiger partial charge >= 0.3 is 6.09 Å². The summed E-state index contributed by atoms with van der Waals surface area (Å²) in [4.78, 5) is 31.8. The summed E-state index contributed by atoms with van der Waals surface area (Å²) in [5.41, 5.74) is 2.26. The second-order valence-corrected chi connectivity index (χ2v) is 10.3. The van der Waals surface area contributed by atoms with Gasteiger partial charge in [0.15, 0.2) is 0 Å². The van der Waals surface area contributed by atoms with Gasteiger partial charge in [-0.25, -0.2) is 4.79 Å². The van der Waals surface area contributed by atoms with Crippen molar-refractivity contribution in [1.29, 1.82) is 0 Å². The average Bonchev–Trinajstić information content (AvgIpc) is 3.60. The number of H-pyrrole nitrogens is 1. The van der Waals surface area contributed by atoms with Gasteiger partial charge < -0.3 is 30.0 Å². The van der Waals surface area contributed by atoms with E-state index in [4.69, 9.17) is 9.47 Å². The van der Waals surface area contributed by atoms with E-state index >= 15 is 0 Å². The van der Waals surface area contributed by atoms with Crippen molar-refractivity contribution in [2.45, 2.75) is 64.1 Å². The number of aromatic amines is 1. The lowest BCUT2D eigenvalue weighted by atomic mass is 9.92. The molecule has 2 aromatic rings. The maximum atomic E-state index is 14.0. The Kier molecular flexibility index (Phi) is 8.68. The van der Waals surface area contributed by atoms with Crippen LogP contribution < -0.4 is 10.6 Å². The Balaban J connectivity index is 1.51. The largest absolute Gasteiger partial charge is 0.449 e. The van der Waals surface area contributed by atoms with Crippen molar-refractivity contribution in [2.24, 2.45) is 11.8 Å². The average molecular weight is 485 g/mol. The summed E-state index contributed by atoms with van der Waals surface area (Å²) in [6, 6.07) is 8.42. The number of nitrogens with one attached hydrogen (secondary N) is 3.